The van der Waals surface area contributed by atoms with Crippen molar-refractivity contribution in [3.63, 3.8) is 0 Å². The fraction of sp³-hybridized carbons (Fsp3) is 0.240. The number of nitrogens with two attached hydrogens (primary N) is 1. The highest BCUT2D eigenvalue weighted by Crippen LogP contribution is 2.33. The molecule has 180 valence electrons. The number of nitrogen functional groups attached to an aromatic ring is 1. The number of benzene rings is 2. The van der Waals surface area contributed by atoms with Gasteiger partial charge in [-0.1, -0.05) is 6.07 Å². The van der Waals surface area contributed by atoms with E-state index in [0.29, 0.717) is 17.0 Å². The van der Waals surface area contributed by atoms with E-state index in [9.17, 15) is 9.90 Å². The monoisotopic (exact) mass is 473 g/mol. The minimum absolute atomic E-state index is 0.0566. The maximum absolute atomic E-state index is 12.9. The number of hydrogen-bond donors (Lipinski definition) is 3. The number of ether oxygens (including phenoxy) is 1. The van der Waals surface area contributed by atoms with E-state index in [0.717, 1.165) is 31.9 Å². The fourth-order valence-electron chi connectivity index (χ4n) is 4.04. The molecule has 1 aliphatic heterocycles. The van der Waals surface area contributed by atoms with E-state index in [1.165, 1.54) is 16.3 Å². The number of phenols is 1. The molecule has 0 bridgehead atoms. The quantitative estimate of drug-likeness (QED) is 0.297. The topological polar surface area (TPSA) is 122 Å². The van der Waals surface area contributed by atoms with Crippen molar-refractivity contribution < 1.29 is 9.84 Å². The smallest absolute Gasteiger partial charge is 0.294 e. The molecule has 0 unspecified atom stereocenters. The van der Waals surface area contributed by atoms with Crippen LogP contribution in [0.3, 0.4) is 0 Å². The van der Waals surface area contributed by atoms with Crippen LogP contribution in [0, 0.1) is 0 Å². The molecular formula is C25H27N7O3. The van der Waals surface area contributed by atoms with E-state index in [2.05, 4.69) is 44.3 Å². The largest absolute Gasteiger partial charge is 0.506 e. The highest BCUT2D eigenvalue weighted by molar-refractivity contribution is 5.77. The number of pyridine rings is 1. The molecule has 0 saturated carbocycles. The molecule has 1 aliphatic rings. The molecule has 2 aromatic carbocycles. The number of para-hydroxylation sites is 1. The number of fused-ring (bicyclic) bond motifs is 1. The normalized spacial score (nSPS) is 14.3. The molecule has 5 rings (SSSR count). The summed E-state index contributed by atoms with van der Waals surface area (Å²) in [5, 5.41) is 13.6. The van der Waals surface area contributed by atoms with Gasteiger partial charge in [-0.15, -0.1) is 0 Å². The molecule has 0 radical (unpaired) electrons. The lowest BCUT2D eigenvalue weighted by Crippen LogP contribution is -2.44. The van der Waals surface area contributed by atoms with Gasteiger partial charge in [-0.2, -0.15) is 4.98 Å². The first-order chi connectivity index (χ1) is 16.9. The summed E-state index contributed by atoms with van der Waals surface area (Å²) in [7, 11) is 3.76. The summed E-state index contributed by atoms with van der Waals surface area (Å²) in [6.45, 7) is 4.12. The van der Waals surface area contributed by atoms with Crippen molar-refractivity contribution >= 4 is 34.0 Å². The van der Waals surface area contributed by atoms with Crippen molar-refractivity contribution in [2.24, 2.45) is 7.05 Å². The maximum atomic E-state index is 12.9. The van der Waals surface area contributed by atoms with Gasteiger partial charge in [0.05, 0.1) is 0 Å². The van der Waals surface area contributed by atoms with Crippen LogP contribution in [-0.2, 0) is 7.05 Å². The molecule has 1 fully saturated rings. The van der Waals surface area contributed by atoms with Crippen molar-refractivity contribution in [3.8, 4) is 17.2 Å². The molecule has 10 heteroatoms. The lowest BCUT2D eigenvalue weighted by Gasteiger charge is -2.34. The molecule has 1 saturated heterocycles. The first-order valence-electron chi connectivity index (χ1n) is 11.3. The molecule has 4 N–H and O–H groups in total. The molecule has 2 aromatic heterocycles. The molecule has 10 nitrogen and oxygen atoms in total. The van der Waals surface area contributed by atoms with Gasteiger partial charge in [-0.05, 0) is 49.5 Å². The zero-order valence-corrected chi connectivity index (χ0v) is 19.6. The Hall–Kier alpha value is -4.31. The second kappa shape index (κ2) is 9.15. The summed E-state index contributed by atoms with van der Waals surface area (Å²) in [4.78, 5) is 26.5. The Balaban J connectivity index is 1.37. The number of phenolic OH excluding ortho intramolecular Hbond substituents is 1. The van der Waals surface area contributed by atoms with Crippen LogP contribution < -0.4 is 26.2 Å². The molecular weight excluding hydrogens is 446 g/mol. The molecule has 3 heterocycles. The standard InChI is InChI=1S/C25H27N7O3/c1-30-10-12-32(13-11-30)18-8-6-17(7-9-18)28-25-27-15-16-14-21(24(34)31(2)23(16)29-25)35-20-5-3-4-19(33)22(20)26/h3-9,14-15,33H,10-13,26H2,1-2H3,(H,27,28,29). The number of aromatic nitrogens is 3. The number of hydrogen-bond acceptors (Lipinski definition) is 9. The van der Waals surface area contributed by atoms with E-state index in [-0.39, 0.29) is 28.5 Å². The average molecular weight is 474 g/mol. The third kappa shape index (κ3) is 4.56. The van der Waals surface area contributed by atoms with E-state index in [4.69, 9.17) is 10.5 Å². The maximum Gasteiger partial charge on any atom is 0.294 e. The molecule has 0 aliphatic carbocycles. The Morgan fingerprint density at radius 1 is 1.03 bits per heavy atom. The molecule has 0 atom stereocenters. The highest BCUT2D eigenvalue weighted by Gasteiger charge is 2.15. The third-order valence-electron chi connectivity index (χ3n) is 6.17. The lowest BCUT2D eigenvalue weighted by atomic mass is 10.2. The molecule has 4 aromatic rings. The summed E-state index contributed by atoms with van der Waals surface area (Å²) in [5.74, 6) is 0.517. The summed E-state index contributed by atoms with van der Waals surface area (Å²) < 4.78 is 7.10. The second-order valence-electron chi connectivity index (χ2n) is 8.60. The Morgan fingerprint density at radius 3 is 2.51 bits per heavy atom. The van der Waals surface area contributed by atoms with E-state index in [1.807, 2.05) is 12.1 Å². The van der Waals surface area contributed by atoms with Crippen LogP contribution in [0.2, 0.25) is 0 Å². The van der Waals surface area contributed by atoms with Gasteiger partial charge >= 0.3 is 0 Å². The van der Waals surface area contributed by atoms with E-state index < -0.39 is 0 Å². The summed E-state index contributed by atoms with van der Waals surface area (Å²) in [6, 6.07) is 14.3. The SMILES string of the molecule is CN1CCN(c2ccc(Nc3ncc4cc(Oc5cccc(O)c5N)c(=O)n(C)c4n3)cc2)CC1. The number of nitrogens with zero attached hydrogens (tertiary/aromatic N) is 5. The predicted octanol–water partition coefficient (Wildman–Crippen LogP) is 2.90. The van der Waals surface area contributed by atoms with Gasteiger partial charge < -0.3 is 30.7 Å². The summed E-state index contributed by atoms with van der Waals surface area (Å²) in [6.07, 6.45) is 1.63. The number of piperazine rings is 1. The number of anilines is 4. The Labute approximate surface area is 202 Å². The average Bonchev–Trinajstić information content (AvgIpc) is 2.86. The first kappa shape index (κ1) is 22.5. The van der Waals surface area contributed by atoms with Crippen LogP contribution >= 0.6 is 0 Å². The minimum Gasteiger partial charge on any atom is -0.506 e. The predicted molar refractivity (Wildman–Crippen MR) is 137 cm³/mol. The Kier molecular flexibility index (Phi) is 5.87. The van der Waals surface area contributed by atoms with Crippen LogP contribution in [-0.4, -0.2) is 57.8 Å². The van der Waals surface area contributed by atoms with Crippen molar-refractivity contribution in [3.05, 3.63) is 65.1 Å². The Bertz CT molecular complexity index is 1430. The number of likely N-dealkylation sites (N-methyl/N-ethyl adjacent to an activating group) is 1. The van der Waals surface area contributed by atoms with Crippen molar-refractivity contribution in [1.82, 2.24) is 19.4 Å². The summed E-state index contributed by atoms with van der Waals surface area (Å²) in [5.41, 5.74) is 8.03. The van der Waals surface area contributed by atoms with E-state index in [1.54, 1.807) is 31.4 Å². The zero-order chi connectivity index (χ0) is 24.5. The van der Waals surface area contributed by atoms with Crippen LogP contribution in [0.15, 0.2) is 59.5 Å². The fourth-order valence-corrected chi connectivity index (χ4v) is 4.04. The summed E-state index contributed by atoms with van der Waals surface area (Å²) >= 11 is 0. The van der Waals surface area contributed by atoms with Crippen LogP contribution in [0.4, 0.5) is 23.0 Å². The van der Waals surface area contributed by atoms with Crippen molar-refractivity contribution in [1.29, 1.82) is 0 Å². The van der Waals surface area contributed by atoms with E-state index >= 15 is 0 Å². The van der Waals surface area contributed by atoms with Crippen molar-refractivity contribution in [2.45, 2.75) is 0 Å². The van der Waals surface area contributed by atoms with Gasteiger partial charge in [-0.25, -0.2) is 4.98 Å². The molecule has 0 amide bonds. The van der Waals surface area contributed by atoms with Gasteiger partial charge in [0.1, 0.15) is 17.1 Å². The van der Waals surface area contributed by atoms with Gasteiger partial charge in [0.2, 0.25) is 5.95 Å². The lowest BCUT2D eigenvalue weighted by molar-refractivity contribution is 0.313. The van der Waals surface area contributed by atoms with Gasteiger partial charge in [0, 0.05) is 56.2 Å². The van der Waals surface area contributed by atoms with Gasteiger partial charge in [0.25, 0.3) is 5.56 Å². The number of aryl methyl sites for hydroxylation is 1. The van der Waals surface area contributed by atoms with Crippen LogP contribution in [0.25, 0.3) is 11.0 Å². The number of aromatic hydroxyl groups is 1. The molecule has 35 heavy (non-hydrogen) atoms. The van der Waals surface area contributed by atoms with Crippen molar-refractivity contribution in [2.75, 3.05) is 49.2 Å². The van der Waals surface area contributed by atoms with Gasteiger partial charge in [-0.3, -0.25) is 9.36 Å². The highest BCUT2D eigenvalue weighted by atomic mass is 16.5. The first-order valence-corrected chi connectivity index (χ1v) is 11.3. The zero-order valence-electron chi connectivity index (χ0n) is 19.6. The van der Waals surface area contributed by atoms with Gasteiger partial charge in [0.15, 0.2) is 11.5 Å². The molecule has 0 spiro atoms. The van der Waals surface area contributed by atoms with Crippen LogP contribution in [0.5, 0.6) is 17.2 Å². The van der Waals surface area contributed by atoms with Crippen LogP contribution in [0.1, 0.15) is 0 Å². The minimum atomic E-state index is -0.388. The Morgan fingerprint density at radius 2 is 1.77 bits per heavy atom. The third-order valence-corrected chi connectivity index (χ3v) is 6.17. The number of nitrogens with one attached hydrogen (secondary N) is 1. The second-order valence-corrected chi connectivity index (χ2v) is 8.60. The number of rotatable bonds is 5.